The van der Waals surface area contributed by atoms with Crippen LogP contribution in [0.2, 0.25) is 0 Å². The largest absolute Gasteiger partial charge is 0.494 e. The second-order valence-electron chi connectivity index (χ2n) is 6.86. The normalized spacial score (nSPS) is 11.1. The predicted octanol–water partition coefficient (Wildman–Crippen LogP) is 4.26. The van der Waals surface area contributed by atoms with Crippen molar-refractivity contribution >= 4 is 21.6 Å². The standard InChI is InChI=1S/C23H23FN2O4S/c1-3-30-20-11-9-19(10-12-20)26-31(28,29)21-6-4-5-18(14-21)23(27)25-15-17-8-7-16(2)22(24)13-17/h4-14,26H,3,15H2,1-2H3,(H,25,27). The fourth-order valence-corrected chi connectivity index (χ4v) is 3.94. The van der Waals surface area contributed by atoms with Crippen LogP contribution in [0.4, 0.5) is 10.1 Å². The molecule has 0 heterocycles. The van der Waals surface area contributed by atoms with Gasteiger partial charge in [0.1, 0.15) is 11.6 Å². The van der Waals surface area contributed by atoms with Crippen molar-refractivity contribution in [3.63, 3.8) is 0 Å². The smallest absolute Gasteiger partial charge is 0.261 e. The molecule has 3 rings (SSSR count). The van der Waals surface area contributed by atoms with Crippen LogP contribution in [-0.2, 0) is 16.6 Å². The first-order valence-electron chi connectivity index (χ1n) is 9.67. The van der Waals surface area contributed by atoms with Crippen LogP contribution in [-0.4, -0.2) is 20.9 Å². The van der Waals surface area contributed by atoms with E-state index in [0.717, 1.165) is 0 Å². The summed E-state index contributed by atoms with van der Waals surface area (Å²) >= 11 is 0. The Morgan fingerprint density at radius 1 is 1.03 bits per heavy atom. The lowest BCUT2D eigenvalue weighted by molar-refractivity contribution is 0.0950. The Bertz CT molecular complexity index is 1180. The van der Waals surface area contributed by atoms with Gasteiger partial charge in [-0.15, -0.1) is 0 Å². The average Bonchev–Trinajstić information content (AvgIpc) is 2.76. The van der Waals surface area contributed by atoms with Crippen molar-refractivity contribution in [2.24, 2.45) is 0 Å². The number of rotatable bonds is 8. The van der Waals surface area contributed by atoms with Gasteiger partial charge in [0.05, 0.1) is 11.5 Å². The molecule has 6 nitrogen and oxygen atoms in total. The highest BCUT2D eigenvalue weighted by Gasteiger charge is 2.17. The molecule has 0 fully saturated rings. The van der Waals surface area contributed by atoms with Gasteiger partial charge in [-0.05, 0) is 73.5 Å². The number of anilines is 1. The molecule has 31 heavy (non-hydrogen) atoms. The minimum atomic E-state index is -3.89. The number of aryl methyl sites for hydroxylation is 1. The molecule has 0 aliphatic heterocycles. The molecule has 0 atom stereocenters. The highest BCUT2D eigenvalue weighted by molar-refractivity contribution is 7.92. The fraction of sp³-hybridized carbons (Fsp3) is 0.174. The Balaban J connectivity index is 1.70. The zero-order chi connectivity index (χ0) is 22.4. The Morgan fingerprint density at radius 3 is 2.45 bits per heavy atom. The van der Waals surface area contributed by atoms with E-state index in [1.165, 1.54) is 30.3 Å². The first-order valence-corrected chi connectivity index (χ1v) is 11.2. The van der Waals surface area contributed by atoms with Gasteiger partial charge in [-0.25, -0.2) is 12.8 Å². The van der Waals surface area contributed by atoms with E-state index in [0.29, 0.717) is 29.2 Å². The molecule has 0 aliphatic rings. The molecule has 1 amide bonds. The maximum atomic E-state index is 13.7. The third-order valence-electron chi connectivity index (χ3n) is 4.51. The minimum Gasteiger partial charge on any atom is -0.494 e. The SMILES string of the molecule is CCOc1ccc(NS(=O)(=O)c2cccc(C(=O)NCc3ccc(C)c(F)c3)c2)cc1. The second-order valence-corrected chi connectivity index (χ2v) is 8.54. The van der Waals surface area contributed by atoms with E-state index in [4.69, 9.17) is 4.74 Å². The Hall–Kier alpha value is -3.39. The van der Waals surface area contributed by atoms with Gasteiger partial charge in [0.15, 0.2) is 0 Å². The fourth-order valence-electron chi connectivity index (χ4n) is 2.84. The number of carbonyl (C=O) groups is 1. The number of nitrogens with one attached hydrogen (secondary N) is 2. The summed E-state index contributed by atoms with van der Waals surface area (Å²) < 4.78 is 46.9. The quantitative estimate of drug-likeness (QED) is 0.546. The number of carbonyl (C=O) groups excluding carboxylic acids is 1. The summed E-state index contributed by atoms with van der Waals surface area (Å²) in [6, 6.07) is 16.9. The highest BCUT2D eigenvalue weighted by Crippen LogP contribution is 2.20. The summed E-state index contributed by atoms with van der Waals surface area (Å²) in [5, 5.41) is 2.67. The van der Waals surface area contributed by atoms with Crippen molar-refractivity contribution in [1.82, 2.24) is 5.32 Å². The van der Waals surface area contributed by atoms with Crippen molar-refractivity contribution in [2.45, 2.75) is 25.3 Å². The van der Waals surface area contributed by atoms with E-state index in [1.807, 2.05) is 6.92 Å². The van der Waals surface area contributed by atoms with Crippen LogP contribution in [0.3, 0.4) is 0 Å². The van der Waals surface area contributed by atoms with Gasteiger partial charge in [0.2, 0.25) is 0 Å². The van der Waals surface area contributed by atoms with Crippen molar-refractivity contribution in [2.75, 3.05) is 11.3 Å². The van der Waals surface area contributed by atoms with Crippen LogP contribution in [0.25, 0.3) is 0 Å². The van der Waals surface area contributed by atoms with E-state index in [-0.39, 0.29) is 22.8 Å². The molecule has 3 aromatic rings. The summed E-state index contributed by atoms with van der Waals surface area (Å²) in [6.45, 7) is 4.15. The molecule has 8 heteroatoms. The van der Waals surface area contributed by atoms with Gasteiger partial charge in [-0.2, -0.15) is 0 Å². The van der Waals surface area contributed by atoms with Crippen LogP contribution in [0.1, 0.15) is 28.4 Å². The number of halogens is 1. The summed E-state index contributed by atoms with van der Waals surface area (Å²) in [5.74, 6) is -0.170. The van der Waals surface area contributed by atoms with Crippen LogP contribution in [0, 0.1) is 12.7 Å². The van der Waals surface area contributed by atoms with Crippen LogP contribution in [0.15, 0.2) is 71.6 Å². The van der Waals surface area contributed by atoms with Crippen LogP contribution < -0.4 is 14.8 Å². The van der Waals surface area contributed by atoms with Gasteiger partial charge in [-0.1, -0.05) is 18.2 Å². The second kappa shape index (κ2) is 9.61. The van der Waals surface area contributed by atoms with Gasteiger partial charge in [0.25, 0.3) is 15.9 Å². The average molecular weight is 443 g/mol. The zero-order valence-corrected chi connectivity index (χ0v) is 18.0. The first-order chi connectivity index (χ1) is 14.8. The van der Waals surface area contributed by atoms with E-state index in [1.54, 1.807) is 43.3 Å². The predicted molar refractivity (Wildman–Crippen MR) is 117 cm³/mol. The molecule has 0 aromatic heterocycles. The molecule has 0 unspecified atom stereocenters. The van der Waals surface area contributed by atoms with Gasteiger partial charge in [0, 0.05) is 17.8 Å². The minimum absolute atomic E-state index is 0.0459. The first kappa shape index (κ1) is 22.3. The Labute approximate surface area is 181 Å². The highest BCUT2D eigenvalue weighted by atomic mass is 32.2. The molecular formula is C23H23FN2O4S. The third kappa shape index (κ3) is 5.82. The van der Waals surface area contributed by atoms with Gasteiger partial charge in [-0.3, -0.25) is 9.52 Å². The number of ether oxygens (including phenoxy) is 1. The number of hydrogen-bond acceptors (Lipinski definition) is 4. The molecule has 0 aliphatic carbocycles. The van der Waals surface area contributed by atoms with Crippen LogP contribution >= 0.6 is 0 Å². The van der Waals surface area contributed by atoms with Gasteiger partial charge < -0.3 is 10.1 Å². The lowest BCUT2D eigenvalue weighted by Gasteiger charge is -2.11. The van der Waals surface area contributed by atoms with E-state index in [2.05, 4.69) is 10.0 Å². The maximum absolute atomic E-state index is 13.7. The Kier molecular flexibility index (Phi) is 6.91. The monoisotopic (exact) mass is 442 g/mol. The molecule has 162 valence electrons. The molecule has 0 saturated heterocycles. The summed E-state index contributed by atoms with van der Waals surface area (Å²) in [6.07, 6.45) is 0. The van der Waals surface area contributed by atoms with E-state index >= 15 is 0 Å². The van der Waals surface area contributed by atoms with Gasteiger partial charge >= 0.3 is 0 Å². The molecule has 0 bridgehead atoms. The molecule has 0 saturated carbocycles. The molecule has 0 spiro atoms. The van der Waals surface area contributed by atoms with Crippen LogP contribution in [0.5, 0.6) is 5.75 Å². The molecule has 3 aromatic carbocycles. The van der Waals surface area contributed by atoms with E-state index in [9.17, 15) is 17.6 Å². The van der Waals surface area contributed by atoms with Crippen molar-refractivity contribution < 1.29 is 22.3 Å². The molecular weight excluding hydrogens is 419 g/mol. The van der Waals surface area contributed by atoms with E-state index < -0.39 is 15.9 Å². The summed E-state index contributed by atoms with van der Waals surface area (Å²) in [4.78, 5) is 12.4. The number of sulfonamides is 1. The lowest BCUT2D eigenvalue weighted by atomic mass is 10.1. The summed E-state index contributed by atoms with van der Waals surface area (Å²) in [5.41, 5.74) is 1.69. The zero-order valence-electron chi connectivity index (χ0n) is 17.2. The number of hydrogen-bond donors (Lipinski definition) is 2. The maximum Gasteiger partial charge on any atom is 0.261 e. The topological polar surface area (TPSA) is 84.5 Å². The lowest BCUT2D eigenvalue weighted by Crippen LogP contribution is -2.23. The van der Waals surface area contributed by atoms with Crippen molar-refractivity contribution in [1.29, 1.82) is 0 Å². The van der Waals surface area contributed by atoms with Crippen molar-refractivity contribution in [3.8, 4) is 5.75 Å². The number of amides is 1. The number of benzene rings is 3. The molecule has 0 radical (unpaired) electrons. The summed E-state index contributed by atoms with van der Waals surface area (Å²) in [7, 11) is -3.89. The van der Waals surface area contributed by atoms with Crippen molar-refractivity contribution in [3.05, 3.63) is 89.2 Å². The third-order valence-corrected chi connectivity index (χ3v) is 5.89. The molecule has 2 N–H and O–H groups in total. The Morgan fingerprint density at radius 2 is 1.77 bits per heavy atom.